The van der Waals surface area contributed by atoms with Crippen molar-refractivity contribution in [3.05, 3.63) is 22.5 Å². The number of aromatic carboxylic acids is 1. The van der Waals surface area contributed by atoms with Crippen molar-refractivity contribution in [3.8, 4) is 0 Å². The molecule has 0 spiro atoms. The zero-order chi connectivity index (χ0) is 11.2. The Kier molecular flexibility index (Phi) is 1.82. The minimum Gasteiger partial charge on any atom is -0.475 e. The van der Waals surface area contributed by atoms with Crippen molar-refractivity contribution in [1.82, 2.24) is 19.1 Å². The number of hydrogen-bond acceptors (Lipinski definition) is 4. The summed E-state index contributed by atoms with van der Waals surface area (Å²) in [7, 11) is 3.02. The van der Waals surface area contributed by atoms with Crippen molar-refractivity contribution in [2.45, 2.75) is 0 Å². The molecular formula is C8H8N4O3. The maximum atomic E-state index is 11.7. The molecule has 0 aliphatic carbocycles. The molecule has 7 nitrogen and oxygen atoms in total. The minimum absolute atomic E-state index is 0.151. The van der Waals surface area contributed by atoms with E-state index in [9.17, 15) is 9.59 Å². The molecule has 0 aliphatic heterocycles. The summed E-state index contributed by atoms with van der Waals surface area (Å²) in [5.41, 5.74) is 0.0258. The van der Waals surface area contributed by atoms with Crippen molar-refractivity contribution in [1.29, 1.82) is 0 Å². The second kappa shape index (κ2) is 2.91. The van der Waals surface area contributed by atoms with Crippen molar-refractivity contribution < 1.29 is 9.90 Å². The van der Waals surface area contributed by atoms with Gasteiger partial charge in [0, 0.05) is 14.1 Å². The maximum absolute atomic E-state index is 11.7. The highest BCUT2D eigenvalue weighted by Gasteiger charge is 2.17. The van der Waals surface area contributed by atoms with E-state index >= 15 is 0 Å². The van der Waals surface area contributed by atoms with E-state index in [0.717, 1.165) is 0 Å². The lowest BCUT2D eigenvalue weighted by molar-refractivity contribution is 0.0680. The summed E-state index contributed by atoms with van der Waals surface area (Å²) in [4.78, 5) is 30.0. The van der Waals surface area contributed by atoms with Crippen LogP contribution < -0.4 is 5.56 Å². The molecule has 0 fully saturated rings. The largest absolute Gasteiger partial charge is 0.475 e. The number of aromatic nitrogens is 4. The number of imidazole rings is 1. The molecule has 0 aliphatic rings. The lowest BCUT2D eigenvalue weighted by Gasteiger charge is -1.97. The fourth-order valence-corrected chi connectivity index (χ4v) is 1.37. The first kappa shape index (κ1) is 9.38. The van der Waals surface area contributed by atoms with Gasteiger partial charge in [-0.25, -0.2) is 14.8 Å². The Bertz CT molecular complexity index is 610. The van der Waals surface area contributed by atoms with Gasteiger partial charge in [0.05, 0.1) is 6.33 Å². The van der Waals surface area contributed by atoms with E-state index < -0.39 is 5.97 Å². The van der Waals surface area contributed by atoms with E-state index in [1.807, 2.05) is 0 Å². The van der Waals surface area contributed by atoms with Crippen LogP contribution in [0.25, 0.3) is 11.2 Å². The number of hydrogen-bond donors (Lipinski definition) is 1. The van der Waals surface area contributed by atoms with Crippen LogP contribution in [0.15, 0.2) is 11.1 Å². The summed E-state index contributed by atoms with van der Waals surface area (Å²) in [6.45, 7) is 0. The standard InChI is InChI=1S/C8H8N4O3/c1-11-3-9-5-4(7(11)13)12(2)6(10-5)8(14)15/h3H,1-2H3,(H,14,15). The topological polar surface area (TPSA) is 90.0 Å². The molecular weight excluding hydrogens is 200 g/mol. The van der Waals surface area contributed by atoms with Gasteiger partial charge in [-0.05, 0) is 0 Å². The first-order valence-electron chi connectivity index (χ1n) is 4.13. The van der Waals surface area contributed by atoms with Gasteiger partial charge in [-0.3, -0.25) is 4.79 Å². The van der Waals surface area contributed by atoms with Gasteiger partial charge < -0.3 is 14.2 Å². The van der Waals surface area contributed by atoms with Crippen LogP contribution in [-0.2, 0) is 14.1 Å². The van der Waals surface area contributed by atoms with Crippen LogP contribution in [0.4, 0.5) is 0 Å². The molecule has 2 aromatic rings. The monoisotopic (exact) mass is 208 g/mol. The number of aryl methyl sites for hydroxylation is 2. The molecule has 78 valence electrons. The molecule has 0 amide bonds. The second-order valence-corrected chi connectivity index (χ2v) is 3.13. The molecule has 2 aromatic heterocycles. The lowest BCUT2D eigenvalue weighted by Crippen LogP contribution is -2.19. The number of rotatable bonds is 1. The lowest BCUT2D eigenvalue weighted by atomic mass is 10.5. The highest BCUT2D eigenvalue weighted by molar-refractivity contribution is 5.88. The quantitative estimate of drug-likeness (QED) is 0.673. The van der Waals surface area contributed by atoms with Gasteiger partial charge in [0.15, 0.2) is 11.2 Å². The molecule has 2 heterocycles. The normalized spacial score (nSPS) is 10.8. The van der Waals surface area contributed by atoms with Crippen molar-refractivity contribution in [2.24, 2.45) is 14.1 Å². The van der Waals surface area contributed by atoms with Crippen LogP contribution in [0, 0.1) is 0 Å². The fraction of sp³-hybridized carbons (Fsp3) is 0.250. The molecule has 0 unspecified atom stereocenters. The predicted octanol–water partition coefficient (Wildman–Crippen LogP) is -0.635. The van der Waals surface area contributed by atoms with E-state index in [4.69, 9.17) is 5.11 Å². The number of fused-ring (bicyclic) bond motifs is 1. The Labute approximate surface area is 83.6 Å². The molecule has 0 atom stereocenters. The van der Waals surface area contributed by atoms with Crippen molar-refractivity contribution >= 4 is 17.1 Å². The van der Waals surface area contributed by atoms with Crippen LogP contribution in [0.5, 0.6) is 0 Å². The van der Waals surface area contributed by atoms with Crippen LogP contribution >= 0.6 is 0 Å². The molecule has 15 heavy (non-hydrogen) atoms. The number of carboxylic acid groups (broad SMARTS) is 1. The summed E-state index contributed by atoms with van der Waals surface area (Å²) in [6, 6.07) is 0. The maximum Gasteiger partial charge on any atom is 0.372 e. The highest BCUT2D eigenvalue weighted by Crippen LogP contribution is 2.07. The van der Waals surface area contributed by atoms with E-state index in [2.05, 4.69) is 9.97 Å². The molecule has 1 N–H and O–H groups in total. The van der Waals surface area contributed by atoms with Crippen molar-refractivity contribution in [2.75, 3.05) is 0 Å². The zero-order valence-electron chi connectivity index (χ0n) is 8.13. The summed E-state index contributed by atoms with van der Waals surface area (Å²) < 4.78 is 2.50. The number of carbonyl (C=O) groups is 1. The molecule has 0 saturated heterocycles. The number of nitrogens with zero attached hydrogens (tertiary/aromatic N) is 4. The summed E-state index contributed by atoms with van der Waals surface area (Å²) in [5, 5.41) is 8.81. The molecule has 0 aromatic carbocycles. The molecule has 7 heteroatoms. The van der Waals surface area contributed by atoms with Crippen LogP contribution in [-0.4, -0.2) is 30.2 Å². The summed E-state index contributed by atoms with van der Waals surface area (Å²) >= 11 is 0. The van der Waals surface area contributed by atoms with Gasteiger partial charge in [0.2, 0.25) is 5.82 Å². The Morgan fingerprint density at radius 2 is 2.13 bits per heavy atom. The first-order chi connectivity index (χ1) is 7.02. The number of carboxylic acids is 1. The SMILES string of the molecule is Cn1cnc2nc(C(=O)O)n(C)c2c1=O. The average Bonchev–Trinajstić information content (AvgIpc) is 2.50. The molecule has 0 radical (unpaired) electrons. The van der Waals surface area contributed by atoms with Gasteiger partial charge in [-0.15, -0.1) is 0 Å². The third-order valence-electron chi connectivity index (χ3n) is 2.14. The second-order valence-electron chi connectivity index (χ2n) is 3.13. The molecule has 0 saturated carbocycles. The summed E-state index contributed by atoms with van der Waals surface area (Å²) in [6.07, 6.45) is 1.31. The van der Waals surface area contributed by atoms with Crippen LogP contribution in [0.3, 0.4) is 0 Å². The Morgan fingerprint density at radius 3 is 2.73 bits per heavy atom. The molecule has 2 rings (SSSR count). The average molecular weight is 208 g/mol. The van der Waals surface area contributed by atoms with Gasteiger partial charge in [-0.1, -0.05) is 0 Å². The smallest absolute Gasteiger partial charge is 0.372 e. The van der Waals surface area contributed by atoms with E-state index in [0.29, 0.717) is 0 Å². The Balaban J connectivity index is 2.96. The minimum atomic E-state index is -1.18. The summed E-state index contributed by atoms with van der Waals surface area (Å²) in [5.74, 6) is -1.38. The highest BCUT2D eigenvalue weighted by atomic mass is 16.4. The van der Waals surface area contributed by atoms with Crippen molar-refractivity contribution in [3.63, 3.8) is 0 Å². The van der Waals surface area contributed by atoms with Gasteiger partial charge in [0.1, 0.15) is 0 Å². The fourth-order valence-electron chi connectivity index (χ4n) is 1.37. The Hall–Kier alpha value is -2.18. The van der Waals surface area contributed by atoms with Crippen LogP contribution in [0.1, 0.15) is 10.6 Å². The Morgan fingerprint density at radius 1 is 1.47 bits per heavy atom. The molecule has 0 bridgehead atoms. The zero-order valence-corrected chi connectivity index (χ0v) is 8.13. The third-order valence-corrected chi connectivity index (χ3v) is 2.14. The van der Waals surface area contributed by atoms with Crippen LogP contribution in [0.2, 0.25) is 0 Å². The van der Waals surface area contributed by atoms with E-state index in [1.165, 1.54) is 22.5 Å². The third kappa shape index (κ3) is 1.20. The van der Waals surface area contributed by atoms with E-state index in [1.54, 1.807) is 7.05 Å². The van der Waals surface area contributed by atoms with Gasteiger partial charge in [0.25, 0.3) is 5.56 Å². The first-order valence-corrected chi connectivity index (χ1v) is 4.13. The predicted molar refractivity (Wildman–Crippen MR) is 50.7 cm³/mol. The van der Waals surface area contributed by atoms with Gasteiger partial charge in [-0.2, -0.15) is 0 Å². The van der Waals surface area contributed by atoms with Gasteiger partial charge >= 0.3 is 5.97 Å². The van der Waals surface area contributed by atoms with E-state index in [-0.39, 0.29) is 22.5 Å².